The Morgan fingerprint density at radius 3 is 1.98 bits per heavy atom. The Morgan fingerprint density at radius 2 is 1.41 bits per heavy atom. The normalized spacial score (nSPS) is 18.1. The number of nitrogens with zero attached hydrogens (tertiary/aromatic N) is 2. The maximum absolute atomic E-state index is 13.4. The van der Waals surface area contributed by atoms with Gasteiger partial charge in [0.15, 0.2) is 0 Å². The summed E-state index contributed by atoms with van der Waals surface area (Å²) in [6.45, 7) is 4.29. The Kier molecular flexibility index (Phi) is 9.10. The van der Waals surface area contributed by atoms with E-state index in [1.165, 1.54) is 24.3 Å². The van der Waals surface area contributed by atoms with Crippen molar-refractivity contribution >= 4 is 11.7 Å². The van der Waals surface area contributed by atoms with Gasteiger partial charge in [0.1, 0.15) is 6.17 Å². The zero-order valence-corrected chi connectivity index (χ0v) is 24.0. The first-order chi connectivity index (χ1) is 20.9. The number of urea groups is 1. The number of piperidine rings is 1. The highest BCUT2D eigenvalue weighted by atomic mass is 19.4. The molecule has 0 bridgehead atoms. The number of carbonyl (C=O) groups excluding carboxylic acids is 1. The molecule has 6 nitrogen and oxygen atoms in total. The summed E-state index contributed by atoms with van der Waals surface area (Å²) in [5.74, 6) is 0. The molecule has 12 heteroatoms. The van der Waals surface area contributed by atoms with Crippen LogP contribution < -0.4 is 16.0 Å². The summed E-state index contributed by atoms with van der Waals surface area (Å²) in [6, 6.07) is 18.5. The standard InChI is InChI=1S/C32H33F6N5O/c1-21-28(41-29(39-21)23-7-9-24(10-8-23)31(33,34)35)20-42-17-15-27(16-18-42)43(19-22-5-3-2-4-6-22)30(44)40-26-13-11-25(12-14-26)32(36,37)38/h2-14,27,29,39,41H,15-20H2,1H3,(H,40,44). The zero-order chi connectivity index (χ0) is 31.5. The van der Waals surface area contributed by atoms with Gasteiger partial charge in [-0.1, -0.05) is 42.5 Å². The first-order valence-corrected chi connectivity index (χ1v) is 14.3. The molecule has 234 valence electrons. The molecule has 1 unspecified atom stereocenters. The number of hydrogen-bond donors (Lipinski definition) is 3. The lowest BCUT2D eigenvalue weighted by atomic mass is 10.0. The number of amides is 2. The van der Waals surface area contributed by atoms with E-state index in [9.17, 15) is 31.1 Å². The number of rotatable bonds is 7. The van der Waals surface area contributed by atoms with Gasteiger partial charge < -0.3 is 20.9 Å². The molecule has 1 saturated heterocycles. The van der Waals surface area contributed by atoms with Gasteiger partial charge in [-0.05, 0) is 67.3 Å². The van der Waals surface area contributed by atoms with Crippen LogP contribution in [0.4, 0.5) is 36.8 Å². The zero-order valence-electron chi connectivity index (χ0n) is 24.0. The number of allylic oxidation sites excluding steroid dienone is 1. The first-order valence-electron chi connectivity index (χ1n) is 14.3. The molecule has 2 amide bonds. The number of carbonyl (C=O) groups is 1. The molecular formula is C32H33F6N5O. The smallest absolute Gasteiger partial charge is 0.364 e. The predicted molar refractivity (Wildman–Crippen MR) is 155 cm³/mol. The molecule has 3 N–H and O–H groups in total. The fourth-order valence-corrected chi connectivity index (χ4v) is 5.52. The van der Waals surface area contributed by atoms with Crippen molar-refractivity contribution < 1.29 is 31.1 Å². The monoisotopic (exact) mass is 617 g/mol. The maximum Gasteiger partial charge on any atom is 0.416 e. The maximum atomic E-state index is 13.4. The number of anilines is 1. The minimum atomic E-state index is -4.46. The minimum absolute atomic E-state index is 0.0921. The van der Waals surface area contributed by atoms with Crippen molar-refractivity contribution in [3.63, 3.8) is 0 Å². The van der Waals surface area contributed by atoms with Crippen LogP contribution in [0, 0.1) is 0 Å². The lowest BCUT2D eigenvalue weighted by Gasteiger charge is -2.38. The largest absolute Gasteiger partial charge is 0.416 e. The third-order valence-corrected chi connectivity index (χ3v) is 8.00. The second-order valence-corrected chi connectivity index (χ2v) is 11.1. The van der Waals surface area contributed by atoms with Crippen molar-refractivity contribution in [3.05, 3.63) is 113 Å². The van der Waals surface area contributed by atoms with Gasteiger partial charge in [-0.15, -0.1) is 0 Å². The van der Waals surface area contributed by atoms with E-state index in [2.05, 4.69) is 20.9 Å². The molecule has 5 rings (SSSR count). The molecule has 44 heavy (non-hydrogen) atoms. The highest BCUT2D eigenvalue weighted by Gasteiger charge is 2.33. The summed E-state index contributed by atoms with van der Waals surface area (Å²) >= 11 is 0. The van der Waals surface area contributed by atoms with Crippen LogP contribution in [-0.4, -0.2) is 41.5 Å². The highest BCUT2D eigenvalue weighted by molar-refractivity contribution is 5.89. The lowest BCUT2D eigenvalue weighted by molar-refractivity contribution is -0.138. The molecule has 2 heterocycles. The third-order valence-electron chi connectivity index (χ3n) is 8.00. The number of likely N-dealkylation sites (tertiary alicyclic amines) is 1. The van der Waals surface area contributed by atoms with Crippen LogP contribution >= 0.6 is 0 Å². The van der Waals surface area contributed by atoms with E-state index >= 15 is 0 Å². The van der Waals surface area contributed by atoms with E-state index in [0.29, 0.717) is 44.6 Å². The van der Waals surface area contributed by atoms with Gasteiger partial charge >= 0.3 is 18.4 Å². The van der Waals surface area contributed by atoms with Gasteiger partial charge in [-0.3, -0.25) is 4.90 Å². The van der Waals surface area contributed by atoms with Crippen molar-refractivity contribution in [2.45, 2.75) is 50.9 Å². The van der Waals surface area contributed by atoms with E-state index < -0.39 is 23.5 Å². The van der Waals surface area contributed by atoms with Gasteiger partial charge in [0.05, 0.1) is 11.1 Å². The highest BCUT2D eigenvalue weighted by Crippen LogP contribution is 2.32. The SMILES string of the molecule is CC1=C(CN2CCC(N(Cc3ccccc3)C(=O)Nc3ccc(C(F)(F)F)cc3)CC2)NC(c2ccc(C(F)(F)F)cc2)N1. The molecule has 0 aromatic heterocycles. The lowest BCUT2D eigenvalue weighted by Crippen LogP contribution is -2.49. The van der Waals surface area contributed by atoms with E-state index in [4.69, 9.17) is 0 Å². The summed E-state index contributed by atoms with van der Waals surface area (Å²) in [5.41, 5.74) is 2.31. The predicted octanol–water partition coefficient (Wildman–Crippen LogP) is 7.35. The van der Waals surface area contributed by atoms with E-state index in [0.717, 1.165) is 41.2 Å². The molecule has 3 aromatic rings. The van der Waals surface area contributed by atoms with E-state index in [-0.39, 0.29) is 23.9 Å². The number of alkyl halides is 6. The number of nitrogens with one attached hydrogen (secondary N) is 3. The van der Waals surface area contributed by atoms with Crippen LogP contribution in [-0.2, 0) is 18.9 Å². The average Bonchev–Trinajstić information content (AvgIpc) is 3.36. The Balaban J connectivity index is 1.20. The van der Waals surface area contributed by atoms with Crippen LogP contribution in [0.15, 0.2) is 90.3 Å². The summed E-state index contributed by atoms with van der Waals surface area (Å²) in [6.07, 6.45) is -7.80. The van der Waals surface area contributed by atoms with Crippen molar-refractivity contribution in [2.75, 3.05) is 25.0 Å². The number of hydrogen-bond acceptors (Lipinski definition) is 4. The molecule has 2 aliphatic rings. The van der Waals surface area contributed by atoms with Crippen molar-refractivity contribution in [2.24, 2.45) is 0 Å². The first kappa shape index (κ1) is 31.2. The van der Waals surface area contributed by atoms with Crippen molar-refractivity contribution in [1.82, 2.24) is 20.4 Å². The molecule has 0 aliphatic carbocycles. The Labute approximate surface area is 251 Å². The van der Waals surface area contributed by atoms with Crippen molar-refractivity contribution in [3.8, 4) is 0 Å². The Bertz CT molecular complexity index is 1450. The molecule has 3 aromatic carbocycles. The summed E-state index contributed by atoms with van der Waals surface area (Å²) in [5, 5.41) is 9.46. The van der Waals surface area contributed by atoms with Crippen LogP contribution in [0.3, 0.4) is 0 Å². The van der Waals surface area contributed by atoms with Crippen LogP contribution in [0.5, 0.6) is 0 Å². The quantitative estimate of drug-likeness (QED) is 0.243. The van der Waals surface area contributed by atoms with Gasteiger partial charge in [0.25, 0.3) is 0 Å². The number of benzene rings is 3. The van der Waals surface area contributed by atoms with E-state index in [1.807, 2.05) is 37.3 Å². The Hall–Kier alpha value is -4.19. The second-order valence-electron chi connectivity index (χ2n) is 11.1. The summed E-state index contributed by atoms with van der Waals surface area (Å²) < 4.78 is 77.8. The van der Waals surface area contributed by atoms with Crippen LogP contribution in [0.25, 0.3) is 0 Å². The molecule has 1 atom stereocenters. The van der Waals surface area contributed by atoms with Gasteiger partial charge in [0.2, 0.25) is 0 Å². The topological polar surface area (TPSA) is 59.6 Å². The molecule has 0 spiro atoms. The van der Waals surface area contributed by atoms with Gasteiger partial charge in [-0.2, -0.15) is 26.3 Å². The molecule has 1 fully saturated rings. The van der Waals surface area contributed by atoms with Crippen molar-refractivity contribution in [1.29, 1.82) is 0 Å². The van der Waals surface area contributed by atoms with E-state index in [1.54, 1.807) is 4.90 Å². The van der Waals surface area contributed by atoms with Gasteiger partial charge in [-0.25, -0.2) is 4.79 Å². The summed E-state index contributed by atoms with van der Waals surface area (Å²) in [4.78, 5) is 17.4. The molecule has 0 saturated carbocycles. The van der Waals surface area contributed by atoms with Gasteiger partial charge in [0, 0.05) is 49.3 Å². The third kappa shape index (κ3) is 7.65. The minimum Gasteiger partial charge on any atom is -0.364 e. The second kappa shape index (κ2) is 12.8. The fraction of sp³-hybridized carbons (Fsp3) is 0.344. The fourth-order valence-electron chi connectivity index (χ4n) is 5.52. The molecular weight excluding hydrogens is 584 g/mol. The summed E-state index contributed by atoms with van der Waals surface area (Å²) in [7, 11) is 0. The molecule has 0 radical (unpaired) electrons. The number of halogens is 6. The Morgan fingerprint density at radius 1 is 0.841 bits per heavy atom. The molecule has 2 aliphatic heterocycles. The van der Waals surface area contributed by atoms with Crippen LogP contribution in [0.2, 0.25) is 0 Å². The van der Waals surface area contributed by atoms with Crippen LogP contribution in [0.1, 0.15) is 48.2 Å². The average molecular weight is 618 g/mol.